The van der Waals surface area contributed by atoms with Crippen molar-refractivity contribution >= 4 is 27.3 Å². The van der Waals surface area contributed by atoms with Gasteiger partial charge in [0.1, 0.15) is 4.21 Å². The van der Waals surface area contributed by atoms with Crippen molar-refractivity contribution in [2.24, 2.45) is 10.7 Å². The Morgan fingerprint density at radius 3 is 2.61 bits per heavy atom. The molecule has 1 heterocycles. The van der Waals surface area contributed by atoms with Gasteiger partial charge in [-0.1, -0.05) is 27.2 Å². The van der Waals surface area contributed by atoms with Crippen molar-refractivity contribution < 1.29 is 8.42 Å². The highest BCUT2D eigenvalue weighted by Gasteiger charge is 2.23. The number of rotatable bonds is 10. The second-order valence-corrected chi connectivity index (χ2v) is 8.44. The molecule has 0 bridgehead atoms. The lowest BCUT2D eigenvalue weighted by molar-refractivity contribution is 0.447. The summed E-state index contributed by atoms with van der Waals surface area (Å²) in [5, 5.41) is 3.06. The molecule has 132 valence electrons. The van der Waals surface area contributed by atoms with E-state index in [0.717, 1.165) is 30.7 Å². The molecule has 0 atom stereocenters. The maximum absolute atomic E-state index is 12.4. The molecule has 6 nitrogen and oxygen atoms in total. The Kier molecular flexibility index (Phi) is 8.57. The van der Waals surface area contributed by atoms with Crippen molar-refractivity contribution in [3.8, 4) is 0 Å². The maximum Gasteiger partial charge on any atom is 0.252 e. The first-order chi connectivity index (χ1) is 11.0. The first kappa shape index (κ1) is 19.9. The summed E-state index contributed by atoms with van der Waals surface area (Å²) >= 11 is 1.32. The van der Waals surface area contributed by atoms with Crippen molar-refractivity contribution in [2.45, 2.75) is 44.2 Å². The van der Waals surface area contributed by atoms with E-state index < -0.39 is 10.0 Å². The molecule has 0 saturated heterocycles. The highest BCUT2D eigenvalue weighted by molar-refractivity contribution is 7.91. The van der Waals surface area contributed by atoms with Gasteiger partial charge in [0.25, 0.3) is 10.0 Å². The summed E-state index contributed by atoms with van der Waals surface area (Å²) in [6.45, 7) is 8.16. The summed E-state index contributed by atoms with van der Waals surface area (Å²) in [4.78, 5) is 5.24. The van der Waals surface area contributed by atoms with Crippen LogP contribution in [0.5, 0.6) is 0 Å². The average Bonchev–Trinajstić information content (AvgIpc) is 2.98. The number of nitrogens with two attached hydrogens (primary N) is 1. The molecule has 1 aromatic heterocycles. The highest BCUT2D eigenvalue weighted by Crippen LogP contribution is 2.25. The third-order valence-corrected chi connectivity index (χ3v) is 7.07. The van der Waals surface area contributed by atoms with Gasteiger partial charge >= 0.3 is 0 Å². The lowest BCUT2D eigenvalue weighted by atomic mass is 10.3. The van der Waals surface area contributed by atoms with Gasteiger partial charge in [0.15, 0.2) is 5.96 Å². The number of hydrogen-bond donors (Lipinski definition) is 2. The molecule has 0 saturated carbocycles. The van der Waals surface area contributed by atoms with E-state index in [2.05, 4.69) is 17.2 Å². The molecule has 8 heteroatoms. The van der Waals surface area contributed by atoms with Gasteiger partial charge in [-0.15, -0.1) is 11.3 Å². The molecule has 0 aromatic carbocycles. The van der Waals surface area contributed by atoms with Gasteiger partial charge in [-0.25, -0.2) is 8.42 Å². The lowest BCUT2D eigenvalue weighted by Gasteiger charge is -2.16. The minimum absolute atomic E-state index is 0.404. The van der Waals surface area contributed by atoms with Crippen molar-refractivity contribution in [3.05, 3.63) is 17.0 Å². The van der Waals surface area contributed by atoms with E-state index in [1.165, 1.54) is 15.6 Å². The van der Waals surface area contributed by atoms with Gasteiger partial charge in [0.2, 0.25) is 0 Å². The van der Waals surface area contributed by atoms with E-state index >= 15 is 0 Å². The SMILES string of the molecule is CCCCN=C(N)NCCc1ccc(S(=O)(=O)N(CC)CC)s1. The Balaban J connectivity index is 2.56. The van der Waals surface area contributed by atoms with Gasteiger partial charge < -0.3 is 11.1 Å². The van der Waals surface area contributed by atoms with E-state index in [-0.39, 0.29) is 0 Å². The summed E-state index contributed by atoms with van der Waals surface area (Å²) in [5.74, 6) is 0.450. The van der Waals surface area contributed by atoms with Crippen LogP contribution in [0.15, 0.2) is 21.3 Å². The van der Waals surface area contributed by atoms with Crippen LogP contribution in [0.4, 0.5) is 0 Å². The molecule has 0 radical (unpaired) electrons. The summed E-state index contributed by atoms with van der Waals surface area (Å²) < 4.78 is 26.7. The lowest BCUT2D eigenvalue weighted by Crippen LogP contribution is -2.33. The van der Waals surface area contributed by atoms with Crippen LogP contribution in [-0.4, -0.2) is 44.9 Å². The molecule has 0 aliphatic heterocycles. The average molecular weight is 361 g/mol. The van der Waals surface area contributed by atoms with Crippen LogP contribution in [0.25, 0.3) is 0 Å². The fraction of sp³-hybridized carbons (Fsp3) is 0.667. The maximum atomic E-state index is 12.4. The number of sulfonamides is 1. The van der Waals surface area contributed by atoms with Gasteiger partial charge in [-0.3, -0.25) is 4.99 Å². The molecule has 1 aromatic rings. The number of nitrogens with zero attached hydrogens (tertiary/aromatic N) is 2. The molecule has 3 N–H and O–H groups in total. The zero-order chi connectivity index (χ0) is 17.3. The smallest absolute Gasteiger partial charge is 0.252 e. The van der Waals surface area contributed by atoms with E-state index in [0.29, 0.717) is 29.8 Å². The number of unbranched alkanes of at least 4 members (excludes halogenated alkanes) is 1. The number of nitrogens with one attached hydrogen (secondary N) is 1. The topological polar surface area (TPSA) is 87.8 Å². The molecule has 0 amide bonds. The minimum atomic E-state index is -3.35. The van der Waals surface area contributed by atoms with Gasteiger partial charge in [-0.05, 0) is 25.0 Å². The number of thiophene rings is 1. The quantitative estimate of drug-likeness (QED) is 0.380. The first-order valence-corrected chi connectivity index (χ1v) is 10.3. The zero-order valence-corrected chi connectivity index (χ0v) is 15.8. The van der Waals surface area contributed by atoms with Crippen LogP contribution < -0.4 is 11.1 Å². The second kappa shape index (κ2) is 9.89. The van der Waals surface area contributed by atoms with Crippen molar-refractivity contribution in [3.63, 3.8) is 0 Å². The zero-order valence-electron chi connectivity index (χ0n) is 14.2. The summed E-state index contributed by atoms with van der Waals surface area (Å²) in [7, 11) is -3.35. The molecular formula is C15H28N4O2S2. The van der Waals surface area contributed by atoms with Crippen LogP contribution in [0.1, 0.15) is 38.5 Å². The molecule has 0 aliphatic rings. The second-order valence-electron chi connectivity index (χ2n) is 5.11. The van der Waals surface area contributed by atoms with Gasteiger partial charge in [0, 0.05) is 31.1 Å². The summed E-state index contributed by atoms with van der Waals surface area (Å²) in [5.41, 5.74) is 5.77. The molecule has 0 unspecified atom stereocenters. The van der Waals surface area contributed by atoms with E-state index in [1.54, 1.807) is 6.07 Å². The van der Waals surface area contributed by atoms with Crippen LogP contribution in [-0.2, 0) is 16.4 Å². The molecule has 1 rings (SSSR count). The molecule has 23 heavy (non-hydrogen) atoms. The minimum Gasteiger partial charge on any atom is -0.370 e. The Morgan fingerprint density at radius 1 is 1.30 bits per heavy atom. The first-order valence-electron chi connectivity index (χ1n) is 8.08. The van der Waals surface area contributed by atoms with Crippen molar-refractivity contribution in [1.29, 1.82) is 0 Å². The normalized spacial score (nSPS) is 12.8. The molecular weight excluding hydrogens is 332 g/mol. The summed E-state index contributed by atoms with van der Waals surface area (Å²) in [6.07, 6.45) is 2.85. The molecule has 0 spiro atoms. The van der Waals surface area contributed by atoms with E-state index in [1.807, 2.05) is 19.9 Å². The van der Waals surface area contributed by atoms with Gasteiger partial charge in [-0.2, -0.15) is 4.31 Å². The largest absolute Gasteiger partial charge is 0.370 e. The van der Waals surface area contributed by atoms with E-state index in [4.69, 9.17) is 5.73 Å². The van der Waals surface area contributed by atoms with Crippen molar-refractivity contribution in [2.75, 3.05) is 26.2 Å². The van der Waals surface area contributed by atoms with Gasteiger partial charge in [0.05, 0.1) is 0 Å². The Bertz CT molecular complexity index is 592. The third kappa shape index (κ3) is 6.12. The van der Waals surface area contributed by atoms with Crippen LogP contribution in [0.2, 0.25) is 0 Å². The highest BCUT2D eigenvalue weighted by atomic mass is 32.2. The predicted molar refractivity (Wildman–Crippen MR) is 97.5 cm³/mol. The molecule has 0 aliphatic carbocycles. The van der Waals surface area contributed by atoms with Crippen LogP contribution >= 0.6 is 11.3 Å². The Labute approximate surface area is 143 Å². The fourth-order valence-electron chi connectivity index (χ4n) is 2.05. The Hall–Kier alpha value is -1.12. The number of aliphatic imine (C=N–C) groups is 1. The summed E-state index contributed by atoms with van der Waals surface area (Å²) in [6, 6.07) is 3.56. The monoisotopic (exact) mass is 360 g/mol. The molecule has 0 fully saturated rings. The standard InChI is InChI=1S/C15H28N4O2S2/c1-4-7-11-17-15(16)18-12-10-13-8-9-14(22-13)23(20,21)19(5-2)6-3/h8-9H,4-7,10-12H2,1-3H3,(H3,16,17,18). The van der Waals surface area contributed by atoms with Crippen LogP contribution in [0, 0.1) is 0 Å². The third-order valence-electron chi connectivity index (χ3n) is 3.41. The van der Waals surface area contributed by atoms with Crippen molar-refractivity contribution in [1.82, 2.24) is 9.62 Å². The predicted octanol–water partition coefficient (Wildman–Crippen LogP) is 2.03. The van der Waals surface area contributed by atoms with Crippen LogP contribution in [0.3, 0.4) is 0 Å². The fourth-order valence-corrected chi connectivity index (χ4v) is 5.02. The van der Waals surface area contributed by atoms with E-state index in [9.17, 15) is 8.42 Å². The number of hydrogen-bond acceptors (Lipinski definition) is 4. The number of guanidine groups is 1. The Morgan fingerprint density at radius 2 is 2.00 bits per heavy atom.